The average Bonchev–Trinajstić information content (AvgIpc) is 1.77. The Morgan fingerprint density at radius 3 is 1.36 bits per heavy atom. The third-order valence-corrected chi connectivity index (χ3v) is 23.4. The standard InChI is InChI=1S/C11H15ClN6O2.C11H14ClN5.C11H15ClN4O2.C10H14ClN5O2.C10H11ClN4.C8H9ClN4O2S.C7H8ClN5O2S.C7H13N3O2S.C5H8N2O2S/c1-15-7-16(2)11(14-18(19)20)17(8-15)6-9-3-4-10(12)13-5-9;1-16(2)11(15-8-13)17(3)7-9-4-5-10(12)14-6-9;1-3-15(11(13-2)8-16(17)18)7-9-4-5-10(12)14-6-9;1-14(2)10(13-16(17)18)15(3)7-8-4-5-9(11)12-6-8;1-8(14-7-12)15(2)6-9-3-4-10(11)13-5-9;9-8-11-3-6(16-8)4-12-2-1-10-7(12)5-13(14)15;8-6-10-3-5(16-6)4-12-2-1-9-7(12)11-13(14)15;1-13-5-4-9-3-2-8-7(9)6-10(11)12;8-7(9)4-5-6-2-1-3-10-5/h3-5H,6-8H2,1-2H3;4-6H,7H2,1-3H3;4-6,8,13H,3,7H2,1-2H3;4-6H,7H2,1-3H3;3-5H,6H2,1-2H3;3,5,10H,1-2,4H2;3H,1-2,4H2,(H,9,11);6,8H,2-5H2,1H3;4,6H,1-3H2/b14-11+;;11-8+;13-10+;;7-5+;;;. The lowest BCUT2D eigenvalue weighted by Gasteiger charge is -2.40. The monoisotopic (exact) mass is 2200 g/mol. The predicted molar refractivity (Wildman–Crippen MR) is 553 cm³/mol. The number of amidine groups is 1. The second kappa shape index (κ2) is 66.4. The summed E-state index contributed by atoms with van der Waals surface area (Å²) in [5.74, 6) is 5.76. The maximum atomic E-state index is 10.7. The first-order valence-electron chi connectivity index (χ1n) is 42.0. The normalized spacial score (nSPS) is 15.1. The van der Waals surface area contributed by atoms with Crippen molar-refractivity contribution in [3.8, 4) is 12.4 Å². The zero-order valence-electron chi connectivity index (χ0n) is 79.7. The number of pyridine rings is 5. The van der Waals surface area contributed by atoms with E-state index in [2.05, 4.69) is 86.8 Å². The molecule has 0 amide bonds. The minimum atomic E-state index is -0.716. The van der Waals surface area contributed by atoms with E-state index in [1.165, 1.54) is 34.4 Å². The number of hydrogen-bond acceptors (Lipinski definition) is 37. The molecule has 0 spiro atoms. The highest BCUT2D eigenvalue weighted by Gasteiger charge is 2.29. The summed E-state index contributed by atoms with van der Waals surface area (Å²) in [4.78, 5) is 130. The second-order valence-electron chi connectivity index (χ2n) is 29.9. The first-order chi connectivity index (χ1) is 67.9. The van der Waals surface area contributed by atoms with Gasteiger partial charge in [-0.05, 0) is 91.7 Å². The first kappa shape index (κ1) is 122. The van der Waals surface area contributed by atoms with Crippen LogP contribution in [0.2, 0.25) is 34.7 Å². The van der Waals surface area contributed by atoms with Gasteiger partial charge in [0.25, 0.3) is 42.7 Å². The van der Waals surface area contributed by atoms with Gasteiger partial charge in [-0.25, -0.2) is 65.2 Å². The number of nitriles is 2. The maximum Gasteiger partial charge on any atom is 0.276 e. The number of aliphatic imine (C=N–C) groups is 2. The van der Waals surface area contributed by atoms with Crippen LogP contribution in [0.1, 0.15) is 57.8 Å². The van der Waals surface area contributed by atoms with Gasteiger partial charge in [-0.15, -0.1) is 39.4 Å². The van der Waals surface area contributed by atoms with Gasteiger partial charge in [0.05, 0.1) is 46.1 Å². The molecule has 143 heavy (non-hydrogen) atoms. The minimum Gasteiger partial charge on any atom is -0.375 e. The summed E-state index contributed by atoms with van der Waals surface area (Å²) in [6.45, 7) is 15.5. The van der Waals surface area contributed by atoms with E-state index >= 15 is 0 Å². The fraction of sp³-hybridized carbons (Fsp3) is 0.425. The van der Waals surface area contributed by atoms with Crippen LogP contribution in [-0.2, 0) is 45.8 Å². The fourth-order valence-electron chi connectivity index (χ4n) is 12.3. The van der Waals surface area contributed by atoms with Crippen LogP contribution in [0.5, 0.6) is 0 Å². The molecule has 5 aliphatic heterocycles. The Bertz CT molecular complexity index is 5510. The third kappa shape index (κ3) is 50.2. The Morgan fingerprint density at radius 2 is 0.958 bits per heavy atom. The molecule has 0 radical (unpaired) electrons. The number of thioether (sulfide) groups is 2. The van der Waals surface area contributed by atoms with Crippen molar-refractivity contribution in [2.75, 3.05) is 160 Å². The van der Waals surface area contributed by atoms with Crippen molar-refractivity contribution in [1.82, 2.24) is 120 Å². The third-order valence-electron chi connectivity index (χ3n) is 18.4. The summed E-state index contributed by atoms with van der Waals surface area (Å²) in [5, 5.41) is 115. The largest absolute Gasteiger partial charge is 0.375 e. The summed E-state index contributed by atoms with van der Waals surface area (Å²) < 4.78 is 0.955. The second-order valence-corrected chi connectivity index (χ2v) is 37.3. The van der Waals surface area contributed by atoms with Crippen molar-refractivity contribution in [3.05, 3.63) is 294 Å². The fourth-order valence-corrected chi connectivity index (χ4v) is 16.1. The molecular formula is C80H107Cl7N38O14S4. The molecule has 5 N–H and O–H groups in total. The van der Waals surface area contributed by atoms with Gasteiger partial charge in [-0.2, -0.15) is 27.3 Å². The number of thiazole rings is 2. The minimum absolute atomic E-state index is 0.259. The molecule has 0 atom stereocenters. The molecule has 5 saturated heterocycles. The maximum absolute atomic E-state index is 10.7. The number of nitrogens with one attached hydrogen (secondary N) is 5. The molecule has 0 aliphatic carbocycles. The van der Waals surface area contributed by atoms with E-state index < -0.39 is 34.8 Å². The zero-order chi connectivity index (χ0) is 106. The number of guanidine groups is 4. The Hall–Kier alpha value is -13.4. The van der Waals surface area contributed by atoms with E-state index in [1.807, 2.05) is 113 Å². The van der Waals surface area contributed by atoms with Crippen LogP contribution in [0.15, 0.2) is 177 Å². The van der Waals surface area contributed by atoms with E-state index in [-0.39, 0.29) is 11.9 Å². The SMILES string of the molecule is CC(=NC#N)N(C)Cc1ccc(Cl)nc1.CCN(Cc1ccc(Cl)nc1)/C(=C/[N+](=O)[O-])NC.CN(C)/C(=N\[N+](=O)[O-])N(C)Cc1ccc(Cl)nc1.CN(C)C(=NC#N)N(C)Cc1ccc(Cl)nc1.CN1CN(C)/C(=N\[N+](=O)[O-])N(Cc2ccc(Cl)nc2)C1.CSCCN1CCNC1=C[N+](=O)[O-].O=[N+]([O-])/C=C1\NCCN1Cc1cnc(Cl)s1.O=[N+]([O-])/N=C1\NCCN1Cc1cnc(Cl)s1.O=[N+]([O-])C=C1NCCCS1. The number of hydrogen-bond donors (Lipinski definition) is 5. The van der Waals surface area contributed by atoms with Gasteiger partial charge in [0.2, 0.25) is 18.3 Å². The molecular weight excluding hydrogens is 2090 g/mol. The van der Waals surface area contributed by atoms with Crippen molar-refractivity contribution >= 4 is 157 Å². The molecule has 0 unspecified atom stereocenters. The lowest BCUT2D eigenvalue weighted by molar-refractivity contribution is -0.486. The predicted octanol–water partition coefficient (Wildman–Crippen LogP) is 10.8. The van der Waals surface area contributed by atoms with Crippen LogP contribution < -0.4 is 26.6 Å². The molecule has 0 aromatic carbocycles. The number of aromatic nitrogens is 7. The van der Waals surface area contributed by atoms with Gasteiger partial charge < -0.3 is 80.5 Å². The molecule has 5 fully saturated rings. The first-order valence-corrected chi connectivity index (χ1v) is 48.7. The van der Waals surface area contributed by atoms with Crippen molar-refractivity contribution in [3.63, 3.8) is 0 Å². The summed E-state index contributed by atoms with van der Waals surface area (Å²) in [6.07, 6.45) is 22.3. The number of nitro groups is 7. The highest BCUT2D eigenvalue weighted by molar-refractivity contribution is 8.03. The Morgan fingerprint density at radius 1 is 0.517 bits per heavy atom. The molecule has 63 heteroatoms. The van der Waals surface area contributed by atoms with E-state index in [9.17, 15) is 70.8 Å². The molecule has 7 aromatic heterocycles. The van der Waals surface area contributed by atoms with Crippen LogP contribution >= 0.6 is 127 Å². The number of halogens is 7. The van der Waals surface area contributed by atoms with Gasteiger partial charge in [0.15, 0.2) is 41.5 Å². The van der Waals surface area contributed by atoms with Gasteiger partial charge in [-0.3, -0.25) is 45.4 Å². The average molecular weight is 2200 g/mol. The lowest BCUT2D eigenvalue weighted by atomic mass is 10.2. The number of hydrazone groups is 3. The molecule has 5 aliphatic rings. The molecule has 52 nitrogen and oxygen atoms in total. The Kier molecular flexibility index (Phi) is 56.6. The van der Waals surface area contributed by atoms with Gasteiger partial charge in [-0.1, -0.05) is 112 Å². The van der Waals surface area contributed by atoms with Crippen LogP contribution in [0, 0.1) is 93.7 Å². The highest BCUT2D eigenvalue weighted by atomic mass is 35.5. The molecule has 774 valence electrons. The molecule has 0 saturated carbocycles. The molecule has 0 bridgehead atoms. The van der Waals surface area contributed by atoms with Gasteiger partial charge in [0, 0.05) is 220 Å². The van der Waals surface area contributed by atoms with Crippen LogP contribution in [0.4, 0.5) is 0 Å². The summed E-state index contributed by atoms with van der Waals surface area (Å²) >= 11 is 45.9. The van der Waals surface area contributed by atoms with Crippen LogP contribution in [0.25, 0.3) is 0 Å². The Balaban J connectivity index is 0.000000337. The number of nitrogens with zero attached hydrogens (tertiary/aromatic N) is 33. The zero-order valence-corrected chi connectivity index (χ0v) is 88.3. The topological polar surface area (TPSA) is 601 Å². The summed E-state index contributed by atoms with van der Waals surface area (Å²) in [6, 6.07) is 17.8. The van der Waals surface area contributed by atoms with Crippen LogP contribution in [-0.4, -0.2) is 319 Å². The smallest absolute Gasteiger partial charge is 0.276 e. The van der Waals surface area contributed by atoms with E-state index in [1.54, 1.807) is 165 Å². The summed E-state index contributed by atoms with van der Waals surface area (Å²) in [5.41, 5.74) is 4.76. The van der Waals surface area contributed by atoms with E-state index in [4.69, 9.17) is 91.7 Å². The van der Waals surface area contributed by atoms with Crippen molar-refractivity contribution in [1.29, 1.82) is 10.5 Å². The number of rotatable bonds is 27. The quantitative estimate of drug-likeness (QED) is 0.00797. The van der Waals surface area contributed by atoms with Gasteiger partial charge in [0.1, 0.15) is 51.9 Å². The highest BCUT2D eigenvalue weighted by Crippen LogP contribution is 2.25. The van der Waals surface area contributed by atoms with Crippen molar-refractivity contribution in [2.45, 2.75) is 66.1 Å². The summed E-state index contributed by atoms with van der Waals surface area (Å²) in [7, 11) is 17.9. The lowest BCUT2D eigenvalue weighted by Crippen LogP contribution is -2.56. The van der Waals surface area contributed by atoms with E-state index in [0.717, 1.165) is 113 Å². The van der Waals surface area contributed by atoms with Crippen molar-refractivity contribution < 1.29 is 34.8 Å². The Labute approximate surface area is 875 Å². The van der Waals surface area contributed by atoms with Crippen molar-refractivity contribution in [2.24, 2.45) is 25.3 Å². The van der Waals surface area contributed by atoms with Gasteiger partial charge >= 0.3 is 0 Å². The molecule has 12 heterocycles. The molecule has 12 rings (SSSR count). The van der Waals surface area contributed by atoms with Crippen LogP contribution in [0.3, 0.4) is 0 Å². The molecule has 7 aromatic rings. The van der Waals surface area contributed by atoms with E-state index in [0.29, 0.717) is 160 Å².